The summed E-state index contributed by atoms with van der Waals surface area (Å²) in [5.41, 5.74) is 6.29. The standard InChI is InChI=1S/C13H16Cl2N2O3/c1-7-4-17(5-9(6-18)20-7)13(19)8-2-10(14)12(16)11(15)3-8/h2-3,7,9,18H,4-6,16H2,1H3. The van der Waals surface area contributed by atoms with E-state index < -0.39 is 0 Å². The number of halogens is 2. The summed E-state index contributed by atoms with van der Waals surface area (Å²) in [4.78, 5) is 14.1. The summed E-state index contributed by atoms with van der Waals surface area (Å²) in [6, 6.07) is 3.00. The molecular weight excluding hydrogens is 303 g/mol. The van der Waals surface area contributed by atoms with E-state index in [1.165, 1.54) is 12.1 Å². The molecule has 5 nitrogen and oxygen atoms in total. The largest absolute Gasteiger partial charge is 0.396 e. The van der Waals surface area contributed by atoms with Crippen molar-refractivity contribution in [3.05, 3.63) is 27.7 Å². The number of anilines is 1. The predicted octanol–water partition coefficient (Wildman–Crippen LogP) is 1.80. The number of amides is 1. The number of aliphatic hydroxyl groups is 1. The molecule has 20 heavy (non-hydrogen) atoms. The molecule has 2 unspecified atom stereocenters. The molecule has 3 N–H and O–H groups in total. The van der Waals surface area contributed by atoms with Crippen LogP contribution in [0.5, 0.6) is 0 Å². The number of carbonyl (C=O) groups excluding carboxylic acids is 1. The van der Waals surface area contributed by atoms with Crippen molar-refractivity contribution in [3.63, 3.8) is 0 Å². The minimum atomic E-state index is -0.373. The minimum absolute atomic E-state index is 0.128. The van der Waals surface area contributed by atoms with E-state index in [1.54, 1.807) is 4.90 Å². The van der Waals surface area contributed by atoms with Crippen molar-refractivity contribution in [2.24, 2.45) is 0 Å². The molecule has 0 saturated carbocycles. The zero-order valence-corrected chi connectivity index (χ0v) is 12.5. The molecule has 0 bridgehead atoms. The van der Waals surface area contributed by atoms with E-state index in [2.05, 4.69) is 0 Å². The first-order valence-corrected chi connectivity index (χ1v) is 6.98. The molecule has 7 heteroatoms. The number of carbonyl (C=O) groups is 1. The van der Waals surface area contributed by atoms with Gasteiger partial charge in [0.2, 0.25) is 0 Å². The van der Waals surface area contributed by atoms with Gasteiger partial charge in [0.25, 0.3) is 5.91 Å². The van der Waals surface area contributed by atoms with Crippen LogP contribution in [-0.2, 0) is 4.74 Å². The fraction of sp³-hybridized carbons (Fsp3) is 0.462. The molecule has 2 atom stereocenters. The van der Waals surface area contributed by atoms with Crippen LogP contribution in [0.3, 0.4) is 0 Å². The maximum Gasteiger partial charge on any atom is 0.254 e. The molecule has 1 fully saturated rings. The third kappa shape index (κ3) is 3.17. The van der Waals surface area contributed by atoms with Crippen LogP contribution >= 0.6 is 23.2 Å². The van der Waals surface area contributed by atoms with Crippen LogP contribution in [0.25, 0.3) is 0 Å². The number of nitrogens with zero attached hydrogens (tertiary/aromatic N) is 1. The van der Waals surface area contributed by atoms with E-state index in [1.807, 2.05) is 6.92 Å². The second kappa shape index (κ2) is 6.18. The van der Waals surface area contributed by atoms with E-state index in [4.69, 9.17) is 33.7 Å². The highest BCUT2D eigenvalue weighted by Crippen LogP contribution is 2.29. The van der Waals surface area contributed by atoms with Crippen LogP contribution in [-0.4, -0.2) is 47.8 Å². The zero-order valence-electron chi connectivity index (χ0n) is 11.0. The predicted molar refractivity (Wildman–Crippen MR) is 78.2 cm³/mol. The number of benzene rings is 1. The zero-order chi connectivity index (χ0) is 14.9. The lowest BCUT2D eigenvalue weighted by Gasteiger charge is -2.36. The molecule has 2 rings (SSSR count). The van der Waals surface area contributed by atoms with Gasteiger partial charge in [-0.1, -0.05) is 23.2 Å². The number of rotatable bonds is 2. The van der Waals surface area contributed by atoms with Gasteiger partial charge in [-0.25, -0.2) is 0 Å². The summed E-state index contributed by atoms with van der Waals surface area (Å²) in [5.74, 6) is -0.206. The molecule has 1 heterocycles. The van der Waals surface area contributed by atoms with E-state index in [-0.39, 0.29) is 40.5 Å². The quantitative estimate of drug-likeness (QED) is 0.815. The Morgan fingerprint density at radius 3 is 2.60 bits per heavy atom. The van der Waals surface area contributed by atoms with Crippen molar-refractivity contribution in [3.8, 4) is 0 Å². The van der Waals surface area contributed by atoms with Crippen molar-refractivity contribution < 1.29 is 14.6 Å². The van der Waals surface area contributed by atoms with Crippen LogP contribution in [0.2, 0.25) is 10.0 Å². The molecule has 110 valence electrons. The van der Waals surface area contributed by atoms with Crippen LogP contribution in [0.15, 0.2) is 12.1 Å². The molecule has 0 aromatic heterocycles. The molecule has 1 aromatic rings. The fourth-order valence-electron chi connectivity index (χ4n) is 2.20. The summed E-state index contributed by atoms with van der Waals surface area (Å²) in [7, 11) is 0. The summed E-state index contributed by atoms with van der Waals surface area (Å²) < 4.78 is 5.50. The lowest BCUT2D eigenvalue weighted by Crippen LogP contribution is -2.50. The second-order valence-electron chi connectivity index (χ2n) is 4.81. The number of hydrogen-bond acceptors (Lipinski definition) is 4. The highest BCUT2D eigenvalue weighted by Gasteiger charge is 2.29. The van der Waals surface area contributed by atoms with Gasteiger partial charge < -0.3 is 20.5 Å². The molecule has 1 amide bonds. The number of nitrogens with two attached hydrogens (primary N) is 1. The third-order valence-electron chi connectivity index (χ3n) is 3.14. The van der Waals surface area contributed by atoms with Gasteiger partial charge in [0, 0.05) is 18.7 Å². The third-order valence-corrected chi connectivity index (χ3v) is 3.77. The first kappa shape index (κ1) is 15.4. The maximum absolute atomic E-state index is 12.5. The summed E-state index contributed by atoms with van der Waals surface area (Å²) in [6.45, 7) is 2.51. The average molecular weight is 319 g/mol. The van der Waals surface area contributed by atoms with Gasteiger partial charge in [-0.15, -0.1) is 0 Å². The van der Waals surface area contributed by atoms with Crippen molar-refractivity contribution >= 4 is 34.8 Å². The second-order valence-corrected chi connectivity index (χ2v) is 5.63. The minimum Gasteiger partial charge on any atom is -0.396 e. The van der Waals surface area contributed by atoms with Gasteiger partial charge in [-0.2, -0.15) is 0 Å². The van der Waals surface area contributed by atoms with Crippen LogP contribution in [0, 0.1) is 0 Å². The molecule has 1 saturated heterocycles. The van der Waals surface area contributed by atoms with Crippen molar-refractivity contribution in [1.29, 1.82) is 0 Å². The summed E-state index contributed by atoms with van der Waals surface area (Å²) in [5, 5.41) is 9.68. The monoisotopic (exact) mass is 318 g/mol. The number of ether oxygens (including phenoxy) is 1. The van der Waals surface area contributed by atoms with Gasteiger partial charge in [0.15, 0.2) is 0 Å². The van der Waals surface area contributed by atoms with E-state index in [0.717, 1.165) is 0 Å². The normalized spacial score (nSPS) is 22.9. The highest BCUT2D eigenvalue weighted by atomic mass is 35.5. The van der Waals surface area contributed by atoms with E-state index >= 15 is 0 Å². The van der Waals surface area contributed by atoms with Gasteiger partial charge >= 0.3 is 0 Å². The highest BCUT2D eigenvalue weighted by molar-refractivity contribution is 6.39. The van der Waals surface area contributed by atoms with Crippen molar-refractivity contribution in [1.82, 2.24) is 4.90 Å². The van der Waals surface area contributed by atoms with Gasteiger partial charge in [0.1, 0.15) is 0 Å². The first-order valence-electron chi connectivity index (χ1n) is 6.22. The maximum atomic E-state index is 12.5. The Balaban J connectivity index is 2.22. The molecule has 1 aromatic carbocycles. The Hall–Kier alpha value is -1.01. The van der Waals surface area contributed by atoms with Crippen LogP contribution in [0.4, 0.5) is 5.69 Å². The van der Waals surface area contributed by atoms with E-state index in [9.17, 15) is 9.90 Å². The number of nitrogen functional groups attached to an aromatic ring is 1. The Bertz CT molecular complexity index is 501. The Kier molecular flexibility index (Phi) is 4.75. The molecule has 0 aliphatic carbocycles. The van der Waals surface area contributed by atoms with Gasteiger partial charge in [0.05, 0.1) is 34.5 Å². The van der Waals surface area contributed by atoms with Crippen molar-refractivity contribution in [2.45, 2.75) is 19.1 Å². The molecule has 0 spiro atoms. The first-order chi connectivity index (χ1) is 9.42. The summed E-state index contributed by atoms with van der Waals surface area (Å²) >= 11 is 11.9. The topological polar surface area (TPSA) is 75.8 Å². The number of aliphatic hydroxyl groups excluding tert-OH is 1. The lowest BCUT2D eigenvalue weighted by atomic mass is 10.1. The number of hydrogen-bond donors (Lipinski definition) is 2. The van der Waals surface area contributed by atoms with E-state index in [0.29, 0.717) is 18.7 Å². The van der Waals surface area contributed by atoms with Gasteiger partial charge in [-0.3, -0.25) is 4.79 Å². The Labute approximate surface area is 127 Å². The lowest BCUT2D eigenvalue weighted by molar-refractivity contribution is -0.0858. The van der Waals surface area contributed by atoms with Crippen LogP contribution in [0.1, 0.15) is 17.3 Å². The Morgan fingerprint density at radius 2 is 2.05 bits per heavy atom. The SMILES string of the molecule is CC1CN(C(=O)c2cc(Cl)c(N)c(Cl)c2)CC(CO)O1. The summed E-state index contributed by atoms with van der Waals surface area (Å²) in [6.07, 6.45) is -0.507. The number of morpholine rings is 1. The molecular formula is C13H16Cl2N2O3. The van der Waals surface area contributed by atoms with Gasteiger partial charge in [-0.05, 0) is 19.1 Å². The molecule has 1 aliphatic rings. The molecule has 1 aliphatic heterocycles. The Morgan fingerprint density at radius 1 is 1.45 bits per heavy atom. The molecule has 0 radical (unpaired) electrons. The smallest absolute Gasteiger partial charge is 0.254 e. The average Bonchev–Trinajstić information content (AvgIpc) is 2.42. The van der Waals surface area contributed by atoms with Crippen LogP contribution < -0.4 is 5.73 Å². The van der Waals surface area contributed by atoms with Crippen molar-refractivity contribution in [2.75, 3.05) is 25.4 Å². The fourth-order valence-corrected chi connectivity index (χ4v) is 2.69.